The second-order valence-electron chi connectivity index (χ2n) is 5.91. The molecule has 3 heterocycles. The largest absolute Gasteiger partial charge is 0.378 e. The van der Waals surface area contributed by atoms with E-state index in [4.69, 9.17) is 9.47 Å². The van der Waals surface area contributed by atoms with Gasteiger partial charge in [-0.05, 0) is 32.6 Å². The Bertz CT molecular complexity index is 441. The summed E-state index contributed by atoms with van der Waals surface area (Å²) in [7, 11) is 1.82. The van der Waals surface area contributed by atoms with E-state index >= 15 is 0 Å². The minimum Gasteiger partial charge on any atom is -0.378 e. The number of likely N-dealkylation sites (tertiary alicyclic amines) is 1. The SMILES string of the molecule is CO[C@H]1CCCOC12CCN(Cc1csc(C)n1)CC2. The third-order valence-electron chi connectivity index (χ3n) is 4.63. The first-order valence-corrected chi connectivity index (χ1v) is 8.40. The Kier molecular flexibility index (Phi) is 4.40. The molecule has 3 rings (SSSR count). The van der Waals surface area contributed by atoms with Gasteiger partial charge in [0.1, 0.15) is 0 Å². The van der Waals surface area contributed by atoms with Gasteiger partial charge in [0.25, 0.3) is 0 Å². The van der Waals surface area contributed by atoms with Crippen LogP contribution in [-0.4, -0.2) is 48.4 Å². The first-order valence-electron chi connectivity index (χ1n) is 7.52. The Morgan fingerprint density at radius 3 is 2.95 bits per heavy atom. The maximum Gasteiger partial charge on any atom is 0.0967 e. The fourth-order valence-electron chi connectivity index (χ4n) is 3.50. The summed E-state index contributed by atoms with van der Waals surface area (Å²) in [5.74, 6) is 0. The number of hydrogen-bond donors (Lipinski definition) is 0. The highest BCUT2D eigenvalue weighted by atomic mass is 32.1. The maximum atomic E-state index is 6.15. The summed E-state index contributed by atoms with van der Waals surface area (Å²) in [5.41, 5.74) is 1.18. The number of thiazole rings is 1. The quantitative estimate of drug-likeness (QED) is 0.859. The van der Waals surface area contributed by atoms with Crippen LogP contribution in [0.3, 0.4) is 0 Å². The summed E-state index contributed by atoms with van der Waals surface area (Å²) >= 11 is 1.74. The van der Waals surface area contributed by atoms with Gasteiger partial charge in [-0.15, -0.1) is 11.3 Å². The van der Waals surface area contributed by atoms with Gasteiger partial charge in [0, 0.05) is 38.7 Å². The molecule has 2 aliphatic heterocycles. The highest BCUT2D eigenvalue weighted by Crippen LogP contribution is 2.37. The lowest BCUT2D eigenvalue weighted by Gasteiger charge is -2.48. The van der Waals surface area contributed by atoms with E-state index in [2.05, 4.69) is 22.2 Å². The van der Waals surface area contributed by atoms with Gasteiger partial charge in [-0.1, -0.05) is 0 Å². The van der Waals surface area contributed by atoms with Crippen molar-refractivity contribution in [1.29, 1.82) is 0 Å². The minimum absolute atomic E-state index is 0.0263. The molecule has 2 saturated heterocycles. The molecule has 4 nitrogen and oxygen atoms in total. The Labute approximate surface area is 125 Å². The Morgan fingerprint density at radius 2 is 2.30 bits per heavy atom. The predicted octanol–water partition coefficient (Wildman–Crippen LogP) is 2.61. The van der Waals surface area contributed by atoms with Crippen molar-refractivity contribution in [2.45, 2.75) is 50.9 Å². The smallest absolute Gasteiger partial charge is 0.0967 e. The van der Waals surface area contributed by atoms with E-state index in [9.17, 15) is 0 Å². The highest BCUT2D eigenvalue weighted by Gasteiger charge is 2.44. The first kappa shape index (κ1) is 14.4. The Morgan fingerprint density at radius 1 is 1.50 bits per heavy atom. The van der Waals surface area contributed by atoms with Gasteiger partial charge in [-0.2, -0.15) is 0 Å². The fraction of sp³-hybridized carbons (Fsp3) is 0.800. The lowest BCUT2D eigenvalue weighted by atomic mass is 9.82. The van der Waals surface area contributed by atoms with Crippen LogP contribution in [0.25, 0.3) is 0 Å². The molecule has 0 unspecified atom stereocenters. The van der Waals surface area contributed by atoms with Crippen molar-refractivity contribution in [3.63, 3.8) is 0 Å². The molecular formula is C15H24N2O2S. The van der Waals surface area contributed by atoms with E-state index < -0.39 is 0 Å². The third-order valence-corrected chi connectivity index (χ3v) is 5.45. The molecule has 1 spiro atoms. The molecule has 2 aliphatic rings. The molecule has 1 aromatic rings. The fourth-order valence-corrected chi connectivity index (χ4v) is 4.10. The number of methoxy groups -OCH3 is 1. The number of ether oxygens (including phenoxy) is 2. The third kappa shape index (κ3) is 2.91. The number of nitrogens with zero attached hydrogens (tertiary/aromatic N) is 2. The molecule has 0 bridgehead atoms. The molecule has 112 valence electrons. The number of piperidine rings is 1. The lowest BCUT2D eigenvalue weighted by molar-refractivity contribution is -0.186. The molecule has 1 aromatic heterocycles. The monoisotopic (exact) mass is 296 g/mol. The van der Waals surface area contributed by atoms with Crippen molar-refractivity contribution in [1.82, 2.24) is 9.88 Å². The van der Waals surface area contributed by atoms with Crippen LogP contribution in [0, 0.1) is 6.92 Å². The van der Waals surface area contributed by atoms with E-state index in [0.29, 0.717) is 0 Å². The van der Waals surface area contributed by atoms with Gasteiger partial charge in [0.05, 0.1) is 22.4 Å². The van der Waals surface area contributed by atoms with Crippen LogP contribution in [0.1, 0.15) is 36.4 Å². The molecular weight excluding hydrogens is 272 g/mol. The second-order valence-corrected chi connectivity index (χ2v) is 6.98. The molecule has 1 atom stereocenters. The van der Waals surface area contributed by atoms with E-state index in [1.807, 2.05) is 7.11 Å². The summed E-state index contributed by atoms with van der Waals surface area (Å²) in [5, 5.41) is 3.33. The summed E-state index contributed by atoms with van der Waals surface area (Å²) in [4.78, 5) is 7.05. The van der Waals surface area contributed by atoms with Crippen molar-refractivity contribution >= 4 is 11.3 Å². The summed E-state index contributed by atoms with van der Waals surface area (Å²) in [6, 6.07) is 0. The van der Waals surface area contributed by atoms with Gasteiger partial charge in [0.2, 0.25) is 0 Å². The highest BCUT2D eigenvalue weighted by molar-refractivity contribution is 7.09. The lowest BCUT2D eigenvalue weighted by Crippen LogP contribution is -2.55. The Balaban J connectivity index is 1.58. The van der Waals surface area contributed by atoms with Crippen molar-refractivity contribution in [3.05, 3.63) is 16.1 Å². The van der Waals surface area contributed by atoms with Crippen LogP contribution in [0.5, 0.6) is 0 Å². The molecule has 0 saturated carbocycles. The maximum absolute atomic E-state index is 6.15. The molecule has 0 N–H and O–H groups in total. The van der Waals surface area contributed by atoms with Crippen LogP contribution >= 0.6 is 11.3 Å². The van der Waals surface area contributed by atoms with Crippen LogP contribution in [0.2, 0.25) is 0 Å². The van der Waals surface area contributed by atoms with Gasteiger partial charge in [0.15, 0.2) is 0 Å². The average molecular weight is 296 g/mol. The topological polar surface area (TPSA) is 34.6 Å². The molecule has 0 radical (unpaired) electrons. The molecule has 0 aromatic carbocycles. The van der Waals surface area contributed by atoms with E-state index in [0.717, 1.165) is 56.9 Å². The van der Waals surface area contributed by atoms with Gasteiger partial charge < -0.3 is 9.47 Å². The normalized spacial score (nSPS) is 27.0. The summed E-state index contributed by atoms with van der Waals surface area (Å²) < 4.78 is 11.8. The molecule has 0 amide bonds. The number of hydrogen-bond acceptors (Lipinski definition) is 5. The van der Waals surface area contributed by atoms with Crippen LogP contribution < -0.4 is 0 Å². The van der Waals surface area contributed by atoms with Gasteiger partial charge in [-0.25, -0.2) is 4.98 Å². The molecule has 2 fully saturated rings. The van der Waals surface area contributed by atoms with Crippen LogP contribution in [0.4, 0.5) is 0 Å². The van der Waals surface area contributed by atoms with Crippen molar-refractivity contribution in [2.75, 3.05) is 26.8 Å². The molecule has 20 heavy (non-hydrogen) atoms. The van der Waals surface area contributed by atoms with E-state index in [1.54, 1.807) is 11.3 Å². The van der Waals surface area contributed by atoms with Crippen molar-refractivity contribution < 1.29 is 9.47 Å². The predicted molar refractivity (Wildman–Crippen MR) is 80.1 cm³/mol. The zero-order valence-electron chi connectivity index (χ0n) is 12.4. The van der Waals surface area contributed by atoms with Crippen molar-refractivity contribution in [3.8, 4) is 0 Å². The first-order chi connectivity index (χ1) is 9.72. The standard InChI is InChI=1S/C15H24N2O2S/c1-12-16-13(11-20-12)10-17-7-5-15(6-8-17)14(18-2)4-3-9-19-15/h11,14H,3-10H2,1-2H3/t14-/m0/s1. The summed E-state index contributed by atoms with van der Waals surface area (Å²) in [6.45, 7) is 6.09. The number of rotatable bonds is 3. The zero-order chi connectivity index (χ0) is 14.0. The average Bonchev–Trinajstić information content (AvgIpc) is 2.87. The minimum atomic E-state index is -0.0263. The van der Waals surface area contributed by atoms with E-state index in [1.165, 1.54) is 5.69 Å². The van der Waals surface area contributed by atoms with Gasteiger partial charge >= 0.3 is 0 Å². The molecule has 0 aliphatic carbocycles. The second kappa shape index (κ2) is 6.10. The van der Waals surface area contributed by atoms with Gasteiger partial charge in [-0.3, -0.25) is 4.90 Å². The van der Waals surface area contributed by atoms with Crippen molar-refractivity contribution in [2.24, 2.45) is 0 Å². The Hall–Kier alpha value is -0.490. The summed E-state index contributed by atoms with van der Waals surface area (Å²) in [6.07, 6.45) is 4.70. The molecule has 5 heteroatoms. The van der Waals surface area contributed by atoms with Crippen LogP contribution in [0.15, 0.2) is 5.38 Å². The van der Waals surface area contributed by atoms with E-state index in [-0.39, 0.29) is 11.7 Å². The zero-order valence-corrected chi connectivity index (χ0v) is 13.2. The number of aryl methyl sites for hydroxylation is 1. The number of aromatic nitrogens is 1. The van der Waals surface area contributed by atoms with Crippen LogP contribution in [-0.2, 0) is 16.0 Å².